The maximum absolute atomic E-state index is 13.6. The van der Waals surface area contributed by atoms with Crippen molar-refractivity contribution >= 4 is 23.4 Å². The van der Waals surface area contributed by atoms with Gasteiger partial charge in [0.25, 0.3) is 0 Å². The Bertz CT molecular complexity index is 720. The Morgan fingerprint density at radius 3 is 2.11 bits per heavy atom. The minimum Gasteiger partial charge on any atom is -0.337 e. The van der Waals surface area contributed by atoms with Crippen molar-refractivity contribution < 1.29 is 9.59 Å². The van der Waals surface area contributed by atoms with Gasteiger partial charge in [-0.15, -0.1) is 11.6 Å². The molecule has 0 aromatic heterocycles. The molecule has 0 radical (unpaired) electrons. The first-order valence-electron chi connectivity index (χ1n) is 10.2. The third kappa shape index (κ3) is 3.18. The van der Waals surface area contributed by atoms with Gasteiger partial charge in [-0.3, -0.25) is 9.59 Å². The summed E-state index contributed by atoms with van der Waals surface area (Å²) >= 11 is 6.93. The van der Waals surface area contributed by atoms with Crippen molar-refractivity contribution in [1.82, 2.24) is 9.80 Å². The third-order valence-electron chi connectivity index (χ3n) is 6.37. The number of allylic oxidation sites excluding steroid dienone is 1. The van der Waals surface area contributed by atoms with Crippen molar-refractivity contribution in [2.75, 3.05) is 13.1 Å². The highest BCUT2D eigenvalue weighted by molar-refractivity contribution is 6.23. The van der Waals surface area contributed by atoms with Crippen molar-refractivity contribution in [2.24, 2.45) is 23.7 Å². The largest absolute Gasteiger partial charge is 0.337 e. The van der Waals surface area contributed by atoms with Crippen LogP contribution in [0.3, 0.4) is 0 Å². The number of fused-ring (bicyclic) bond motifs is 2. The summed E-state index contributed by atoms with van der Waals surface area (Å²) < 4.78 is 0. The lowest BCUT2D eigenvalue weighted by Gasteiger charge is -2.58. The van der Waals surface area contributed by atoms with Gasteiger partial charge in [0.1, 0.15) is 5.92 Å². The summed E-state index contributed by atoms with van der Waals surface area (Å²) in [6.07, 6.45) is 7.09. The molecule has 4 bridgehead atoms. The van der Waals surface area contributed by atoms with Gasteiger partial charge in [0.05, 0.1) is 41.4 Å². The van der Waals surface area contributed by atoms with Crippen LogP contribution in [0.1, 0.15) is 39.5 Å². The fourth-order valence-corrected chi connectivity index (χ4v) is 5.54. The smallest absolute Gasteiger partial charge is 0.231 e. The standard InChI is InChI=1S/C21H27ClN4O2/c1-3-5-9-25-18-15-8-7-14(13(11-23)12-24)16(21(25)28)19(17(18)22)26(20(15)27)10-6-4-2/h7-8,13-19H,3-6,9-10H2,1-2H3/t14-,15+,16+,17-,18-,19-/m0/s1. The quantitative estimate of drug-likeness (QED) is 0.483. The van der Waals surface area contributed by atoms with Crippen LogP contribution in [-0.2, 0) is 9.59 Å². The van der Waals surface area contributed by atoms with E-state index in [2.05, 4.69) is 13.8 Å². The molecule has 0 saturated carbocycles. The van der Waals surface area contributed by atoms with E-state index >= 15 is 0 Å². The number of rotatable bonds is 7. The van der Waals surface area contributed by atoms with Gasteiger partial charge in [-0.1, -0.05) is 38.8 Å². The monoisotopic (exact) mass is 402 g/mol. The summed E-state index contributed by atoms with van der Waals surface area (Å²) in [4.78, 5) is 30.4. The van der Waals surface area contributed by atoms with Gasteiger partial charge < -0.3 is 9.80 Å². The second kappa shape index (κ2) is 8.53. The molecular formula is C21H27ClN4O2. The number of alkyl halides is 1. The molecule has 150 valence electrons. The maximum atomic E-state index is 13.6. The van der Waals surface area contributed by atoms with E-state index in [9.17, 15) is 20.1 Å². The number of hydrogen-bond donors (Lipinski definition) is 0. The zero-order valence-electron chi connectivity index (χ0n) is 16.4. The molecule has 2 amide bonds. The van der Waals surface area contributed by atoms with Crippen LogP contribution in [0.15, 0.2) is 12.2 Å². The molecule has 0 aromatic carbocycles. The minimum atomic E-state index is -0.943. The molecule has 5 rings (SSSR count). The molecule has 4 heterocycles. The summed E-state index contributed by atoms with van der Waals surface area (Å²) in [5, 5.41) is 18.6. The van der Waals surface area contributed by atoms with Crippen LogP contribution in [0, 0.1) is 46.3 Å². The SMILES string of the molecule is CCCCN1C(=O)[C@@H]2C=C[C@@H](C(C#N)C#N)[C@H]3C(=O)N(CCCC)[C@@H]2[C@H](Cl)[C@H]31. The topological polar surface area (TPSA) is 88.2 Å². The molecule has 0 N–H and O–H groups in total. The molecule has 0 unspecified atom stereocenters. The van der Waals surface area contributed by atoms with Gasteiger partial charge in [-0.25, -0.2) is 0 Å². The van der Waals surface area contributed by atoms with Gasteiger partial charge in [0.2, 0.25) is 11.8 Å². The van der Waals surface area contributed by atoms with Crippen LogP contribution in [-0.4, -0.2) is 52.2 Å². The summed E-state index contributed by atoms with van der Waals surface area (Å²) in [5.41, 5.74) is 0. The summed E-state index contributed by atoms with van der Waals surface area (Å²) in [6, 6.07) is 3.27. The van der Waals surface area contributed by atoms with Gasteiger partial charge in [0, 0.05) is 19.0 Å². The zero-order chi connectivity index (χ0) is 20.4. The van der Waals surface area contributed by atoms with Crippen LogP contribution < -0.4 is 0 Å². The third-order valence-corrected chi connectivity index (χ3v) is 6.88. The molecule has 2 fully saturated rings. The van der Waals surface area contributed by atoms with Crippen LogP contribution in [0.4, 0.5) is 0 Å². The highest BCUT2D eigenvalue weighted by Gasteiger charge is 2.61. The molecule has 6 atom stereocenters. The van der Waals surface area contributed by atoms with E-state index in [1.54, 1.807) is 22.0 Å². The number of carbonyl (C=O) groups is 2. The highest BCUT2D eigenvalue weighted by atomic mass is 35.5. The predicted octanol–water partition coefficient (Wildman–Crippen LogP) is 2.70. The second-order valence-electron chi connectivity index (χ2n) is 7.95. The van der Waals surface area contributed by atoms with Gasteiger partial charge >= 0.3 is 0 Å². The van der Waals surface area contributed by atoms with Crippen LogP contribution >= 0.6 is 11.6 Å². The molecular weight excluding hydrogens is 376 g/mol. The van der Waals surface area contributed by atoms with Crippen LogP contribution in [0.2, 0.25) is 0 Å². The zero-order valence-corrected chi connectivity index (χ0v) is 17.2. The van der Waals surface area contributed by atoms with E-state index in [4.69, 9.17) is 11.6 Å². The van der Waals surface area contributed by atoms with Crippen molar-refractivity contribution in [1.29, 1.82) is 10.5 Å². The van der Waals surface area contributed by atoms with E-state index < -0.39 is 35.1 Å². The average Bonchev–Trinajstić information content (AvgIpc) is 2.67. The Hall–Kier alpha value is -2.05. The Morgan fingerprint density at radius 2 is 1.57 bits per heavy atom. The maximum Gasteiger partial charge on any atom is 0.231 e. The number of nitriles is 2. The molecule has 0 spiro atoms. The van der Waals surface area contributed by atoms with Gasteiger partial charge in [0.15, 0.2) is 0 Å². The molecule has 0 aromatic rings. The summed E-state index contributed by atoms with van der Waals surface area (Å²) in [6.45, 7) is 5.21. The number of unbranched alkanes of at least 4 members (excludes halogenated alkanes) is 2. The molecule has 6 nitrogen and oxygen atoms in total. The summed E-state index contributed by atoms with van der Waals surface area (Å²) in [5.74, 6) is -2.72. The lowest BCUT2D eigenvalue weighted by atomic mass is 9.65. The number of nitrogens with zero attached hydrogens (tertiary/aromatic N) is 4. The van der Waals surface area contributed by atoms with Crippen molar-refractivity contribution in [3.05, 3.63) is 12.2 Å². The van der Waals surface area contributed by atoms with Crippen molar-refractivity contribution in [3.63, 3.8) is 0 Å². The molecule has 4 aliphatic heterocycles. The molecule has 7 heteroatoms. The minimum absolute atomic E-state index is 0.0134. The number of piperidine rings is 2. The average molecular weight is 403 g/mol. The van der Waals surface area contributed by atoms with Crippen LogP contribution in [0.5, 0.6) is 0 Å². The van der Waals surface area contributed by atoms with E-state index in [0.29, 0.717) is 13.1 Å². The van der Waals surface area contributed by atoms with E-state index in [1.807, 2.05) is 12.1 Å². The number of amides is 2. The second-order valence-corrected chi connectivity index (χ2v) is 8.45. The first-order valence-corrected chi connectivity index (χ1v) is 10.7. The molecule has 5 aliphatic rings. The Morgan fingerprint density at radius 1 is 1.00 bits per heavy atom. The first-order chi connectivity index (χ1) is 13.5. The number of halogens is 1. The first kappa shape index (κ1) is 20.7. The Labute approximate surface area is 171 Å². The normalized spacial score (nSPS) is 33.8. The highest BCUT2D eigenvalue weighted by Crippen LogP contribution is 2.47. The van der Waals surface area contributed by atoms with Gasteiger partial charge in [-0.05, 0) is 12.8 Å². The lowest BCUT2D eigenvalue weighted by molar-refractivity contribution is -0.166. The summed E-state index contributed by atoms with van der Waals surface area (Å²) in [7, 11) is 0. The molecule has 28 heavy (non-hydrogen) atoms. The lowest BCUT2D eigenvalue weighted by Crippen LogP contribution is -2.74. The number of hydrogen-bond acceptors (Lipinski definition) is 4. The van der Waals surface area contributed by atoms with Crippen molar-refractivity contribution in [2.45, 2.75) is 57.0 Å². The Balaban J connectivity index is 2.12. The fraction of sp³-hybridized carbons (Fsp3) is 0.714. The van der Waals surface area contributed by atoms with E-state index in [1.165, 1.54) is 0 Å². The van der Waals surface area contributed by atoms with Crippen molar-refractivity contribution in [3.8, 4) is 12.1 Å². The van der Waals surface area contributed by atoms with E-state index in [-0.39, 0.29) is 17.9 Å². The van der Waals surface area contributed by atoms with Crippen LogP contribution in [0.25, 0.3) is 0 Å². The predicted molar refractivity (Wildman–Crippen MR) is 105 cm³/mol. The fourth-order valence-electron chi connectivity index (χ4n) is 4.95. The van der Waals surface area contributed by atoms with E-state index in [0.717, 1.165) is 25.7 Å². The Kier molecular flexibility index (Phi) is 6.30. The number of carbonyl (C=O) groups excluding carboxylic acids is 2. The van der Waals surface area contributed by atoms with Gasteiger partial charge in [-0.2, -0.15) is 10.5 Å². The molecule has 1 aliphatic carbocycles. The molecule has 2 saturated heterocycles.